The van der Waals surface area contributed by atoms with Gasteiger partial charge < -0.3 is 9.84 Å². The molecule has 0 aliphatic rings. The van der Waals surface area contributed by atoms with Crippen molar-refractivity contribution in [2.75, 3.05) is 13.7 Å². The minimum Gasteiger partial charge on any atom is -0.496 e. The number of aliphatic hydroxyl groups excluding tert-OH is 1. The van der Waals surface area contributed by atoms with Crippen LogP contribution >= 0.6 is 15.9 Å². The lowest BCUT2D eigenvalue weighted by molar-refractivity contribution is 0.0953. The fourth-order valence-corrected chi connectivity index (χ4v) is 1.50. The van der Waals surface area contributed by atoms with E-state index in [1.54, 1.807) is 18.2 Å². The highest BCUT2D eigenvalue weighted by molar-refractivity contribution is 9.10. The zero-order valence-electron chi connectivity index (χ0n) is 7.79. The Morgan fingerprint density at radius 3 is 2.86 bits per heavy atom. The van der Waals surface area contributed by atoms with Crippen LogP contribution in [0.25, 0.3) is 0 Å². The Morgan fingerprint density at radius 1 is 1.57 bits per heavy atom. The van der Waals surface area contributed by atoms with E-state index in [0.29, 0.717) is 11.3 Å². The summed E-state index contributed by atoms with van der Waals surface area (Å²) in [5, 5.41) is 8.66. The van der Waals surface area contributed by atoms with E-state index in [-0.39, 0.29) is 18.8 Å². The van der Waals surface area contributed by atoms with Gasteiger partial charge in [0, 0.05) is 10.9 Å². The molecule has 0 unspecified atom stereocenters. The Balaban J connectivity index is 3.03. The largest absolute Gasteiger partial charge is 0.496 e. The third kappa shape index (κ3) is 2.56. The first-order chi connectivity index (χ1) is 6.69. The summed E-state index contributed by atoms with van der Waals surface area (Å²) in [5.41, 5.74) is 0.496. The first kappa shape index (κ1) is 11.2. The second-order valence-corrected chi connectivity index (χ2v) is 3.66. The molecule has 0 saturated heterocycles. The maximum Gasteiger partial charge on any atom is 0.168 e. The monoisotopic (exact) mass is 258 g/mol. The molecular formula is C10H11BrO3. The van der Waals surface area contributed by atoms with Gasteiger partial charge in [-0.2, -0.15) is 0 Å². The van der Waals surface area contributed by atoms with Gasteiger partial charge in [-0.15, -0.1) is 0 Å². The smallest absolute Gasteiger partial charge is 0.168 e. The van der Waals surface area contributed by atoms with E-state index < -0.39 is 0 Å². The first-order valence-electron chi connectivity index (χ1n) is 4.16. The first-order valence-corrected chi connectivity index (χ1v) is 4.96. The van der Waals surface area contributed by atoms with E-state index in [4.69, 9.17) is 9.84 Å². The summed E-state index contributed by atoms with van der Waals surface area (Å²) in [6.45, 7) is -0.144. The summed E-state index contributed by atoms with van der Waals surface area (Å²) >= 11 is 3.27. The van der Waals surface area contributed by atoms with Gasteiger partial charge in [-0.3, -0.25) is 4.79 Å². The molecule has 14 heavy (non-hydrogen) atoms. The van der Waals surface area contributed by atoms with Crippen LogP contribution in [0.15, 0.2) is 22.7 Å². The van der Waals surface area contributed by atoms with Crippen molar-refractivity contribution in [3.05, 3.63) is 28.2 Å². The predicted molar refractivity (Wildman–Crippen MR) is 56.7 cm³/mol. The molecule has 0 aliphatic carbocycles. The van der Waals surface area contributed by atoms with Crippen molar-refractivity contribution >= 4 is 21.7 Å². The van der Waals surface area contributed by atoms with Gasteiger partial charge in [-0.25, -0.2) is 0 Å². The number of hydrogen-bond acceptors (Lipinski definition) is 3. The lowest BCUT2D eigenvalue weighted by Gasteiger charge is -2.06. The normalized spacial score (nSPS) is 9.93. The van der Waals surface area contributed by atoms with Crippen molar-refractivity contribution in [1.29, 1.82) is 0 Å². The van der Waals surface area contributed by atoms with Gasteiger partial charge in [-0.1, -0.05) is 15.9 Å². The van der Waals surface area contributed by atoms with Crippen LogP contribution < -0.4 is 4.74 Å². The molecule has 0 aliphatic heterocycles. The number of Topliss-reactive ketones (excluding diaryl/α,β-unsaturated/α-hetero) is 1. The zero-order chi connectivity index (χ0) is 10.6. The number of benzene rings is 1. The lowest BCUT2D eigenvalue weighted by atomic mass is 10.1. The van der Waals surface area contributed by atoms with Crippen molar-refractivity contribution < 1.29 is 14.6 Å². The maximum atomic E-state index is 11.5. The van der Waals surface area contributed by atoms with Gasteiger partial charge in [0.2, 0.25) is 0 Å². The molecule has 0 radical (unpaired) electrons. The number of ether oxygens (including phenoxy) is 1. The highest BCUT2D eigenvalue weighted by atomic mass is 79.9. The molecule has 1 rings (SSSR count). The number of aliphatic hydroxyl groups is 1. The molecule has 0 aromatic heterocycles. The Morgan fingerprint density at radius 2 is 2.29 bits per heavy atom. The quantitative estimate of drug-likeness (QED) is 0.841. The second-order valence-electron chi connectivity index (χ2n) is 2.74. The summed E-state index contributed by atoms with van der Waals surface area (Å²) in [6, 6.07) is 5.21. The molecule has 1 aromatic rings. The van der Waals surface area contributed by atoms with Gasteiger partial charge in [0.25, 0.3) is 0 Å². The molecule has 0 atom stereocenters. The maximum absolute atomic E-state index is 11.5. The van der Waals surface area contributed by atoms with Crippen molar-refractivity contribution in [1.82, 2.24) is 0 Å². The highest BCUT2D eigenvalue weighted by Crippen LogP contribution is 2.23. The van der Waals surface area contributed by atoms with Crippen LogP contribution in [-0.2, 0) is 0 Å². The average Bonchev–Trinajstić information content (AvgIpc) is 2.18. The van der Waals surface area contributed by atoms with E-state index >= 15 is 0 Å². The van der Waals surface area contributed by atoms with Crippen LogP contribution in [0, 0.1) is 0 Å². The molecule has 1 N–H and O–H groups in total. The topological polar surface area (TPSA) is 46.5 Å². The fraction of sp³-hybridized carbons (Fsp3) is 0.300. The van der Waals surface area contributed by atoms with Crippen molar-refractivity contribution in [3.63, 3.8) is 0 Å². The van der Waals surface area contributed by atoms with Crippen LogP contribution in [0.5, 0.6) is 5.75 Å². The summed E-state index contributed by atoms with van der Waals surface area (Å²) in [4.78, 5) is 11.5. The predicted octanol–water partition coefficient (Wildman–Crippen LogP) is 2.02. The van der Waals surface area contributed by atoms with Crippen molar-refractivity contribution in [2.45, 2.75) is 6.42 Å². The number of rotatable bonds is 4. The summed E-state index contributed by atoms with van der Waals surface area (Å²) in [5.74, 6) is 0.414. The van der Waals surface area contributed by atoms with Gasteiger partial charge in [-0.05, 0) is 18.2 Å². The van der Waals surface area contributed by atoms with Crippen LogP contribution in [0.3, 0.4) is 0 Å². The van der Waals surface area contributed by atoms with E-state index in [2.05, 4.69) is 15.9 Å². The molecule has 0 heterocycles. The highest BCUT2D eigenvalue weighted by Gasteiger charge is 2.11. The molecule has 1 aromatic carbocycles. The molecule has 0 spiro atoms. The molecule has 0 fully saturated rings. The van der Waals surface area contributed by atoms with Crippen molar-refractivity contribution in [2.24, 2.45) is 0 Å². The SMILES string of the molecule is COc1ccc(Br)cc1C(=O)CCO. The lowest BCUT2D eigenvalue weighted by Crippen LogP contribution is -2.04. The average molecular weight is 259 g/mol. The van der Waals surface area contributed by atoms with E-state index in [0.717, 1.165) is 4.47 Å². The Labute approximate surface area is 90.8 Å². The number of ketones is 1. The third-order valence-electron chi connectivity index (χ3n) is 1.80. The minimum absolute atomic E-state index is 0.118. The fourth-order valence-electron chi connectivity index (χ4n) is 1.13. The summed E-state index contributed by atoms with van der Waals surface area (Å²) < 4.78 is 5.86. The van der Waals surface area contributed by atoms with Crippen molar-refractivity contribution in [3.8, 4) is 5.75 Å². The zero-order valence-corrected chi connectivity index (χ0v) is 9.37. The van der Waals surface area contributed by atoms with Gasteiger partial charge >= 0.3 is 0 Å². The molecule has 3 nitrogen and oxygen atoms in total. The van der Waals surface area contributed by atoms with Gasteiger partial charge in [0.15, 0.2) is 5.78 Å². The molecule has 0 bridgehead atoms. The third-order valence-corrected chi connectivity index (χ3v) is 2.29. The van der Waals surface area contributed by atoms with E-state index in [9.17, 15) is 4.79 Å². The van der Waals surface area contributed by atoms with Crippen LogP contribution in [0.2, 0.25) is 0 Å². The number of methoxy groups -OCH3 is 1. The van der Waals surface area contributed by atoms with Crippen LogP contribution in [-0.4, -0.2) is 24.6 Å². The molecule has 76 valence electrons. The van der Waals surface area contributed by atoms with Gasteiger partial charge in [0.1, 0.15) is 5.75 Å². The molecular weight excluding hydrogens is 248 g/mol. The van der Waals surface area contributed by atoms with Gasteiger partial charge in [0.05, 0.1) is 19.3 Å². The molecule has 0 amide bonds. The summed E-state index contributed by atoms with van der Waals surface area (Å²) in [6.07, 6.45) is 0.118. The number of carbonyl (C=O) groups excluding carboxylic acids is 1. The summed E-state index contributed by atoms with van der Waals surface area (Å²) in [7, 11) is 1.51. The number of halogens is 1. The Bertz CT molecular complexity index is 336. The number of hydrogen-bond donors (Lipinski definition) is 1. The second kappa shape index (κ2) is 5.12. The Hall–Kier alpha value is -0.870. The number of carbonyl (C=O) groups is 1. The molecule has 4 heteroatoms. The minimum atomic E-state index is -0.144. The van der Waals surface area contributed by atoms with Crippen LogP contribution in [0.1, 0.15) is 16.8 Å². The van der Waals surface area contributed by atoms with Crippen LogP contribution in [0.4, 0.5) is 0 Å². The Kier molecular flexibility index (Phi) is 4.10. The van der Waals surface area contributed by atoms with E-state index in [1.165, 1.54) is 7.11 Å². The van der Waals surface area contributed by atoms with E-state index in [1.807, 2.05) is 0 Å². The standard InChI is InChI=1S/C10H11BrO3/c1-14-10-3-2-7(11)6-8(10)9(13)4-5-12/h2-3,6,12H,4-5H2,1H3. The molecule has 0 saturated carbocycles.